The van der Waals surface area contributed by atoms with Gasteiger partial charge in [-0.05, 0) is 18.2 Å². The summed E-state index contributed by atoms with van der Waals surface area (Å²) in [5.74, 6) is -1.26. The number of carbonyl (C=O) groups excluding carboxylic acids is 2. The quantitative estimate of drug-likeness (QED) is 0.296. The van der Waals surface area contributed by atoms with Crippen molar-refractivity contribution in [2.45, 2.75) is 19.1 Å². The number of imidazole rings is 1. The van der Waals surface area contributed by atoms with E-state index in [0.717, 1.165) is 17.0 Å². The predicted octanol–water partition coefficient (Wildman–Crippen LogP) is 3.22. The minimum atomic E-state index is -4.92. The molecule has 17 heteroatoms. The van der Waals surface area contributed by atoms with E-state index in [0.29, 0.717) is 30.9 Å². The second-order valence-electron chi connectivity index (χ2n) is 8.32. The van der Waals surface area contributed by atoms with Gasteiger partial charge in [0.05, 0.1) is 28.0 Å². The Kier molecular flexibility index (Phi) is 9.81. The average molecular weight is 592 g/mol. The molecule has 2 aromatic heterocycles. The van der Waals surface area contributed by atoms with E-state index in [4.69, 9.17) is 21.5 Å². The topological polar surface area (TPSA) is 134 Å². The van der Waals surface area contributed by atoms with Crippen molar-refractivity contribution in [1.82, 2.24) is 29.5 Å². The minimum absolute atomic E-state index is 0.114. The van der Waals surface area contributed by atoms with Crippen LogP contribution in [0.2, 0.25) is 5.02 Å². The Balaban J connectivity index is 0.00000141. The van der Waals surface area contributed by atoms with E-state index >= 15 is 0 Å². The van der Waals surface area contributed by atoms with E-state index in [2.05, 4.69) is 20.7 Å². The average Bonchev–Trinajstić information content (AvgIpc) is 3.47. The Morgan fingerprint density at radius 3 is 2.48 bits per heavy atom. The van der Waals surface area contributed by atoms with E-state index < -0.39 is 36.3 Å². The number of hydrogen-bond acceptors (Lipinski definition) is 6. The zero-order valence-electron chi connectivity index (χ0n) is 20.8. The molecular formula is C23H23ClF5N7O4. The molecule has 11 nitrogen and oxygen atoms in total. The molecule has 1 aliphatic heterocycles. The molecular weight excluding hydrogens is 569 g/mol. The van der Waals surface area contributed by atoms with Crippen molar-refractivity contribution in [3.05, 3.63) is 52.7 Å². The van der Waals surface area contributed by atoms with Crippen LogP contribution < -0.4 is 10.6 Å². The van der Waals surface area contributed by atoms with Crippen molar-refractivity contribution >= 4 is 35.6 Å². The lowest BCUT2D eigenvalue weighted by molar-refractivity contribution is -0.141. The lowest BCUT2D eigenvalue weighted by Crippen LogP contribution is -2.46. The summed E-state index contributed by atoms with van der Waals surface area (Å²) in [5, 5.41) is 15.9. The number of alkyl halides is 5. The summed E-state index contributed by atoms with van der Waals surface area (Å²) in [5.41, 5.74) is -1.52. The highest BCUT2D eigenvalue weighted by atomic mass is 35.5. The molecule has 1 aliphatic rings. The third-order valence-corrected chi connectivity index (χ3v) is 6.00. The molecule has 0 spiro atoms. The van der Waals surface area contributed by atoms with Crippen molar-refractivity contribution in [3.8, 4) is 11.3 Å². The van der Waals surface area contributed by atoms with Crippen LogP contribution in [0.5, 0.6) is 0 Å². The molecule has 40 heavy (non-hydrogen) atoms. The zero-order valence-corrected chi connectivity index (χ0v) is 21.5. The van der Waals surface area contributed by atoms with Crippen LogP contribution in [0.1, 0.15) is 26.7 Å². The molecule has 0 radical (unpaired) electrons. The number of hydrogen-bond donors (Lipinski definition) is 3. The number of nitrogens with zero attached hydrogens (tertiary/aromatic N) is 5. The SMILES string of the molecule is Cn1c(-c2cn(CC(F)F)nc2C(F)(F)F)cnc1C(=O)Nc1ccc(C(=O)N2CCNCC2)c(Cl)c1.O=CO. The van der Waals surface area contributed by atoms with Crippen LogP contribution in [0, 0.1) is 0 Å². The van der Waals surface area contributed by atoms with Crippen LogP contribution in [0.15, 0.2) is 30.6 Å². The van der Waals surface area contributed by atoms with E-state index in [1.165, 1.54) is 25.2 Å². The van der Waals surface area contributed by atoms with Gasteiger partial charge >= 0.3 is 6.18 Å². The molecule has 0 aliphatic carbocycles. The van der Waals surface area contributed by atoms with Crippen LogP contribution in [0.4, 0.5) is 27.6 Å². The largest absolute Gasteiger partial charge is 0.483 e. The second-order valence-corrected chi connectivity index (χ2v) is 8.73. The molecule has 0 saturated carbocycles. The number of benzene rings is 1. The fourth-order valence-corrected chi connectivity index (χ4v) is 4.18. The molecule has 216 valence electrons. The number of piperazine rings is 1. The van der Waals surface area contributed by atoms with Crippen molar-refractivity contribution < 1.29 is 41.4 Å². The van der Waals surface area contributed by atoms with E-state index in [9.17, 15) is 31.5 Å². The fourth-order valence-electron chi connectivity index (χ4n) is 3.92. The summed E-state index contributed by atoms with van der Waals surface area (Å²) in [6.07, 6.45) is -5.97. The van der Waals surface area contributed by atoms with Crippen LogP contribution >= 0.6 is 11.6 Å². The summed E-state index contributed by atoms with van der Waals surface area (Å²) in [4.78, 5) is 39.5. The number of carboxylic acid groups (broad SMARTS) is 1. The third-order valence-electron chi connectivity index (χ3n) is 5.68. The number of amides is 2. The van der Waals surface area contributed by atoms with Crippen molar-refractivity contribution in [1.29, 1.82) is 0 Å². The van der Waals surface area contributed by atoms with Crippen LogP contribution in [-0.2, 0) is 24.6 Å². The lowest BCUT2D eigenvalue weighted by Gasteiger charge is -2.27. The van der Waals surface area contributed by atoms with Gasteiger partial charge in [-0.1, -0.05) is 11.6 Å². The van der Waals surface area contributed by atoms with E-state index in [1.54, 1.807) is 4.90 Å². The van der Waals surface area contributed by atoms with Gasteiger partial charge in [0.2, 0.25) is 0 Å². The van der Waals surface area contributed by atoms with Crippen molar-refractivity contribution in [3.63, 3.8) is 0 Å². The standard InChI is InChI=1S/C22H21ClF5N7O2.CH2O2/c1-33-16(14-10-35(11-17(24)25)32-18(14)22(26,27)28)9-30-19(33)20(36)31-12-2-3-13(15(23)8-12)21(37)34-6-4-29-5-7-34;2-1-3/h2-3,8-10,17,29H,4-7,11H2,1H3,(H,31,36);1H,(H,2,3). The Labute approximate surface area is 228 Å². The van der Waals surface area contributed by atoms with Crippen LogP contribution in [0.3, 0.4) is 0 Å². The molecule has 1 aromatic carbocycles. The van der Waals surface area contributed by atoms with Gasteiger partial charge in [-0.3, -0.25) is 19.1 Å². The molecule has 3 aromatic rings. The maximum Gasteiger partial charge on any atom is 0.435 e. The van der Waals surface area contributed by atoms with Gasteiger partial charge in [-0.25, -0.2) is 13.8 Å². The summed E-state index contributed by atoms with van der Waals surface area (Å²) in [6, 6.07) is 4.33. The highest BCUT2D eigenvalue weighted by Gasteiger charge is 2.39. The number of halogens is 6. The molecule has 3 heterocycles. The van der Waals surface area contributed by atoms with E-state index in [-0.39, 0.29) is 40.2 Å². The van der Waals surface area contributed by atoms with Crippen molar-refractivity contribution in [2.24, 2.45) is 7.05 Å². The molecule has 0 atom stereocenters. The lowest BCUT2D eigenvalue weighted by atomic mass is 10.1. The van der Waals surface area contributed by atoms with Gasteiger partial charge in [0.15, 0.2) is 11.5 Å². The summed E-state index contributed by atoms with van der Waals surface area (Å²) >= 11 is 6.28. The smallest absolute Gasteiger partial charge is 0.435 e. The molecule has 2 amide bonds. The number of anilines is 1. The van der Waals surface area contributed by atoms with E-state index in [1.807, 2.05) is 0 Å². The zero-order chi connectivity index (χ0) is 29.6. The molecule has 1 fully saturated rings. The summed E-state index contributed by atoms with van der Waals surface area (Å²) in [7, 11) is 1.31. The molecule has 0 bridgehead atoms. The number of nitrogens with one attached hydrogen (secondary N) is 2. The monoisotopic (exact) mass is 591 g/mol. The Hall–Kier alpha value is -4.05. The first-order chi connectivity index (χ1) is 18.9. The Bertz CT molecular complexity index is 1370. The molecule has 1 saturated heterocycles. The van der Waals surface area contributed by atoms with Crippen LogP contribution in [-0.4, -0.2) is 80.2 Å². The highest BCUT2D eigenvalue weighted by Crippen LogP contribution is 2.36. The normalized spacial score (nSPS) is 13.6. The van der Waals surface area contributed by atoms with Gasteiger partial charge < -0.3 is 25.2 Å². The van der Waals surface area contributed by atoms with Gasteiger partial charge in [0.1, 0.15) is 6.54 Å². The number of carbonyl (C=O) groups is 3. The maximum absolute atomic E-state index is 13.5. The highest BCUT2D eigenvalue weighted by molar-refractivity contribution is 6.34. The second kappa shape index (κ2) is 12.9. The minimum Gasteiger partial charge on any atom is -0.483 e. The summed E-state index contributed by atoms with van der Waals surface area (Å²) in [6.45, 7) is 1.13. The molecule has 0 unspecified atom stereocenters. The first kappa shape index (κ1) is 30.5. The van der Waals surface area contributed by atoms with Gasteiger partial charge in [-0.2, -0.15) is 18.3 Å². The third kappa shape index (κ3) is 7.12. The number of rotatable bonds is 6. The Morgan fingerprint density at radius 1 is 1.25 bits per heavy atom. The predicted molar refractivity (Wildman–Crippen MR) is 132 cm³/mol. The van der Waals surface area contributed by atoms with Gasteiger partial charge in [-0.15, -0.1) is 0 Å². The summed E-state index contributed by atoms with van der Waals surface area (Å²) < 4.78 is 67.5. The first-order valence-corrected chi connectivity index (χ1v) is 11.9. The van der Waals surface area contributed by atoms with Gasteiger partial charge in [0.25, 0.3) is 24.7 Å². The molecule has 4 rings (SSSR count). The fraction of sp³-hybridized carbons (Fsp3) is 0.348. The number of aromatic nitrogens is 4. The van der Waals surface area contributed by atoms with Crippen LogP contribution in [0.25, 0.3) is 11.3 Å². The van der Waals surface area contributed by atoms with Crippen molar-refractivity contribution in [2.75, 3.05) is 31.5 Å². The Morgan fingerprint density at radius 2 is 1.90 bits per heavy atom. The maximum atomic E-state index is 13.5. The first-order valence-electron chi connectivity index (χ1n) is 11.5. The van der Waals surface area contributed by atoms with Gasteiger partial charge in [0, 0.05) is 45.1 Å². The molecule has 3 N–H and O–H groups in total.